The lowest BCUT2D eigenvalue weighted by Gasteiger charge is -2.27. The molecule has 2 unspecified atom stereocenters. The summed E-state index contributed by atoms with van der Waals surface area (Å²) in [4.78, 5) is 0. The highest BCUT2D eigenvalue weighted by molar-refractivity contribution is 7.38. The Bertz CT molecular complexity index is 165. The van der Waals surface area contributed by atoms with E-state index in [1.807, 2.05) is 0 Å². The van der Waals surface area contributed by atoms with Gasteiger partial charge in [-0.25, -0.2) is 0 Å². The van der Waals surface area contributed by atoms with Crippen LogP contribution in [0.4, 0.5) is 0 Å². The fourth-order valence-corrected chi connectivity index (χ4v) is 5.78. The van der Waals surface area contributed by atoms with Gasteiger partial charge in [-0.15, -0.1) is 8.58 Å². The Kier molecular flexibility index (Phi) is 7.71. The molecule has 1 heterocycles. The average Bonchev–Trinajstić information content (AvgIpc) is 2.61. The summed E-state index contributed by atoms with van der Waals surface area (Å²) in [5.41, 5.74) is 1.13. The monoisotopic (exact) mass is 270 g/mol. The molecule has 0 radical (unpaired) electrons. The van der Waals surface area contributed by atoms with Gasteiger partial charge in [-0.3, -0.25) is 0 Å². The highest BCUT2D eigenvalue weighted by Crippen LogP contribution is 2.38. The first-order valence-corrected chi connectivity index (χ1v) is 9.98. The Morgan fingerprint density at radius 2 is 1.06 bits per heavy atom. The summed E-state index contributed by atoms with van der Waals surface area (Å²) in [7, 11) is 1.30. The second-order valence-corrected chi connectivity index (χ2v) is 8.23. The number of hydrogen-bond acceptors (Lipinski definition) is 0. The van der Waals surface area contributed by atoms with Gasteiger partial charge in [0.2, 0.25) is 0 Å². The van der Waals surface area contributed by atoms with Gasteiger partial charge in [0.25, 0.3) is 0 Å². The van der Waals surface area contributed by atoms with Crippen molar-refractivity contribution in [2.24, 2.45) is 5.92 Å². The van der Waals surface area contributed by atoms with Gasteiger partial charge in [0.15, 0.2) is 0 Å². The van der Waals surface area contributed by atoms with Crippen molar-refractivity contribution in [1.82, 2.24) is 0 Å². The molecular formula is C17H35P. The molecule has 2 rings (SSSR count). The Labute approximate surface area is 118 Å². The molecule has 1 heteroatoms. The fraction of sp³-hybridized carbons (Fsp3) is 1.00. The van der Waals surface area contributed by atoms with Gasteiger partial charge in [-0.1, -0.05) is 64.2 Å². The standard InChI is InChI=1S/C17H33P.H2/c1-2-5-9-13-16(12-8-4-1)17-14-10-6-3-7-11-15-18-17;/h16-18H,1-15H2;1H. The lowest BCUT2D eigenvalue weighted by Crippen LogP contribution is -2.17. The van der Waals surface area contributed by atoms with Gasteiger partial charge in [-0.2, -0.15) is 0 Å². The maximum absolute atomic E-state index is 1.57. The summed E-state index contributed by atoms with van der Waals surface area (Å²) < 4.78 is 0. The van der Waals surface area contributed by atoms with Gasteiger partial charge in [-0.05, 0) is 43.4 Å². The molecule has 0 N–H and O–H groups in total. The summed E-state index contributed by atoms with van der Waals surface area (Å²) in [6.07, 6.45) is 23.0. The predicted octanol–water partition coefficient (Wildman–Crippen LogP) is 6.38. The molecule has 1 saturated heterocycles. The third kappa shape index (κ3) is 5.60. The Morgan fingerprint density at radius 3 is 1.72 bits per heavy atom. The van der Waals surface area contributed by atoms with Crippen molar-refractivity contribution in [3.63, 3.8) is 0 Å². The smallest absolute Gasteiger partial charge is 0 e. The van der Waals surface area contributed by atoms with E-state index < -0.39 is 0 Å². The molecule has 0 amide bonds. The number of rotatable bonds is 1. The normalized spacial score (nSPS) is 31.7. The number of hydrogen-bond donors (Lipinski definition) is 0. The van der Waals surface area contributed by atoms with E-state index in [1.165, 1.54) is 79.2 Å². The summed E-state index contributed by atoms with van der Waals surface area (Å²) in [5, 5.41) is 0. The van der Waals surface area contributed by atoms with E-state index >= 15 is 0 Å². The predicted molar refractivity (Wildman–Crippen MR) is 87.2 cm³/mol. The second-order valence-electron chi connectivity index (χ2n) is 6.58. The molecule has 18 heavy (non-hydrogen) atoms. The van der Waals surface area contributed by atoms with E-state index in [2.05, 4.69) is 0 Å². The van der Waals surface area contributed by atoms with Crippen molar-refractivity contribution in [3.05, 3.63) is 0 Å². The van der Waals surface area contributed by atoms with Crippen LogP contribution in [0.5, 0.6) is 0 Å². The maximum Gasteiger partial charge on any atom is 0 e. The second kappa shape index (κ2) is 9.35. The first-order valence-electron chi connectivity index (χ1n) is 8.70. The Balaban J connectivity index is 0.00000180. The van der Waals surface area contributed by atoms with E-state index in [4.69, 9.17) is 0 Å². The molecule has 108 valence electrons. The molecule has 2 atom stereocenters. The summed E-state index contributed by atoms with van der Waals surface area (Å²) in [6, 6.07) is 0. The Morgan fingerprint density at radius 1 is 0.556 bits per heavy atom. The topological polar surface area (TPSA) is 0 Å². The quantitative estimate of drug-likeness (QED) is 0.485. The van der Waals surface area contributed by atoms with Crippen molar-refractivity contribution < 1.29 is 1.43 Å². The van der Waals surface area contributed by atoms with Crippen LogP contribution in [-0.4, -0.2) is 11.8 Å². The largest absolute Gasteiger partial charge is 0.119 e. The highest BCUT2D eigenvalue weighted by Gasteiger charge is 2.21. The molecule has 1 saturated carbocycles. The van der Waals surface area contributed by atoms with E-state index in [1.54, 1.807) is 25.4 Å². The van der Waals surface area contributed by atoms with Crippen molar-refractivity contribution in [2.45, 2.75) is 95.6 Å². The summed E-state index contributed by atoms with van der Waals surface area (Å²) >= 11 is 0. The molecule has 0 aromatic carbocycles. The first kappa shape index (κ1) is 14.8. The van der Waals surface area contributed by atoms with Crippen LogP contribution in [0.3, 0.4) is 0 Å². The maximum atomic E-state index is 1.57. The molecule has 0 aromatic rings. The minimum Gasteiger partial charge on any atom is -0.119 e. The zero-order valence-corrected chi connectivity index (χ0v) is 13.3. The zero-order chi connectivity index (χ0) is 12.5. The minimum atomic E-state index is 0. The highest BCUT2D eigenvalue weighted by atomic mass is 31.1. The van der Waals surface area contributed by atoms with Gasteiger partial charge < -0.3 is 0 Å². The van der Waals surface area contributed by atoms with Crippen LogP contribution in [-0.2, 0) is 0 Å². The summed E-state index contributed by atoms with van der Waals surface area (Å²) in [6.45, 7) is 0. The molecule has 0 bridgehead atoms. The van der Waals surface area contributed by atoms with Crippen LogP contribution in [0.15, 0.2) is 0 Å². The SMILES string of the molecule is C1CCCCC(C2CCCCCCCP2)CCC1.[HH]. The molecule has 0 spiro atoms. The van der Waals surface area contributed by atoms with Crippen LogP contribution >= 0.6 is 8.58 Å². The first-order chi connectivity index (χ1) is 8.97. The zero-order valence-electron chi connectivity index (χ0n) is 12.3. The van der Waals surface area contributed by atoms with Crippen LogP contribution < -0.4 is 0 Å². The van der Waals surface area contributed by atoms with E-state index in [0.29, 0.717) is 0 Å². The van der Waals surface area contributed by atoms with E-state index in [-0.39, 0.29) is 1.43 Å². The lowest BCUT2D eigenvalue weighted by molar-refractivity contribution is 0.392. The van der Waals surface area contributed by atoms with Crippen molar-refractivity contribution in [1.29, 1.82) is 0 Å². The average molecular weight is 270 g/mol. The van der Waals surface area contributed by atoms with Gasteiger partial charge in [0, 0.05) is 1.43 Å². The third-order valence-corrected chi connectivity index (χ3v) is 6.99. The van der Waals surface area contributed by atoms with Crippen LogP contribution in [0.2, 0.25) is 0 Å². The molecular weight excluding hydrogens is 235 g/mol. The van der Waals surface area contributed by atoms with E-state index in [9.17, 15) is 0 Å². The van der Waals surface area contributed by atoms with Crippen molar-refractivity contribution >= 4 is 8.58 Å². The van der Waals surface area contributed by atoms with Crippen LogP contribution in [0.25, 0.3) is 0 Å². The van der Waals surface area contributed by atoms with Gasteiger partial charge in [0.05, 0.1) is 0 Å². The van der Waals surface area contributed by atoms with Crippen LogP contribution in [0.1, 0.15) is 91.3 Å². The van der Waals surface area contributed by atoms with Crippen molar-refractivity contribution in [3.8, 4) is 0 Å². The van der Waals surface area contributed by atoms with Gasteiger partial charge >= 0.3 is 0 Å². The van der Waals surface area contributed by atoms with Crippen LogP contribution in [0, 0.1) is 5.92 Å². The molecule has 2 fully saturated rings. The lowest BCUT2D eigenvalue weighted by atomic mass is 9.90. The van der Waals surface area contributed by atoms with E-state index in [0.717, 1.165) is 11.6 Å². The summed E-state index contributed by atoms with van der Waals surface area (Å²) in [5.74, 6) is 1.11. The molecule has 0 nitrogen and oxygen atoms in total. The third-order valence-electron chi connectivity index (χ3n) is 5.07. The molecule has 0 aromatic heterocycles. The molecule has 2 aliphatic rings. The molecule has 1 aliphatic heterocycles. The fourth-order valence-electron chi connectivity index (χ4n) is 3.88. The minimum absolute atomic E-state index is 0. The van der Waals surface area contributed by atoms with Gasteiger partial charge in [0.1, 0.15) is 0 Å². The van der Waals surface area contributed by atoms with Crippen molar-refractivity contribution in [2.75, 3.05) is 6.16 Å². The molecule has 1 aliphatic carbocycles. The Hall–Kier alpha value is 0.430.